The van der Waals surface area contributed by atoms with Crippen LogP contribution in [0.2, 0.25) is 0 Å². The van der Waals surface area contributed by atoms with E-state index in [4.69, 9.17) is 5.11 Å². The normalized spacial score (nSPS) is 11.8. The van der Waals surface area contributed by atoms with Crippen molar-refractivity contribution in [3.05, 3.63) is 28.2 Å². The molecule has 19 heavy (non-hydrogen) atoms. The summed E-state index contributed by atoms with van der Waals surface area (Å²) >= 11 is 3.08. The lowest BCUT2D eigenvalue weighted by Crippen LogP contribution is -2.32. The number of carboxylic acid groups (broad SMARTS) is 1. The molecule has 0 aromatic heterocycles. The van der Waals surface area contributed by atoms with Crippen molar-refractivity contribution < 1.29 is 18.3 Å². The quantitative estimate of drug-likeness (QED) is 0.798. The first-order valence-electron chi connectivity index (χ1n) is 5.44. The molecule has 6 nitrogen and oxygen atoms in total. The minimum Gasteiger partial charge on any atom is -0.478 e. The predicted molar refractivity (Wildman–Crippen MR) is 74.8 cm³/mol. The number of benzene rings is 1. The number of nitrogens with zero attached hydrogens (tertiary/aromatic N) is 1. The molecule has 0 aliphatic rings. The highest BCUT2D eigenvalue weighted by molar-refractivity contribution is 9.10. The Hall–Kier alpha value is -0.960. The first kappa shape index (κ1) is 16.1. The number of halogens is 1. The Morgan fingerprint density at radius 1 is 1.47 bits per heavy atom. The van der Waals surface area contributed by atoms with Crippen molar-refractivity contribution in [2.24, 2.45) is 0 Å². The molecule has 0 fully saturated rings. The van der Waals surface area contributed by atoms with E-state index in [0.717, 1.165) is 6.07 Å². The van der Waals surface area contributed by atoms with Gasteiger partial charge in [-0.1, -0.05) is 0 Å². The number of rotatable bonds is 6. The number of carboxylic acids is 1. The Balaban J connectivity index is 3.15. The van der Waals surface area contributed by atoms with E-state index in [0.29, 0.717) is 17.6 Å². The zero-order valence-electron chi connectivity index (χ0n) is 10.6. The second-order valence-electron chi connectivity index (χ2n) is 3.88. The second-order valence-corrected chi connectivity index (χ2v) is 6.78. The van der Waals surface area contributed by atoms with Gasteiger partial charge in [-0.05, 0) is 41.2 Å². The summed E-state index contributed by atoms with van der Waals surface area (Å²) < 4.78 is 26.0. The third-order valence-electron chi connectivity index (χ3n) is 2.55. The Morgan fingerprint density at radius 3 is 2.63 bits per heavy atom. The fourth-order valence-electron chi connectivity index (χ4n) is 1.40. The lowest BCUT2D eigenvalue weighted by atomic mass is 10.2. The molecule has 8 heteroatoms. The highest BCUT2D eigenvalue weighted by atomic mass is 79.9. The molecule has 0 atom stereocenters. The van der Waals surface area contributed by atoms with Crippen LogP contribution in [-0.2, 0) is 10.0 Å². The van der Waals surface area contributed by atoms with Crippen LogP contribution in [0.15, 0.2) is 27.6 Å². The van der Waals surface area contributed by atoms with E-state index >= 15 is 0 Å². The van der Waals surface area contributed by atoms with Gasteiger partial charge in [0.25, 0.3) is 0 Å². The average Bonchev–Trinajstić information content (AvgIpc) is 2.35. The van der Waals surface area contributed by atoms with Crippen LogP contribution in [0.3, 0.4) is 0 Å². The molecule has 0 aliphatic heterocycles. The number of nitrogens with one attached hydrogen (secondary N) is 1. The van der Waals surface area contributed by atoms with E-state index in [1.165, 1.54) is 23.5 Å². The van der Waals surface area contributed by atoms with Gasteiger partial charge in [0.2, 0.25) is 10.0 Å². The van der Waals surface area contributed by atoms with Gasteiger partial charge in [0, 0.05) is 24.6 Å². The van der Waals surface area contributed by atoms with Crippen molar-refractivity contribution in [2.45, 2.75) is 4.90 Å². The molecule has 0 unspecified atom stereocenters. The van der Waals surface area contributed by atoms with E-state index in [9.17, 15) is 13.2 Å². The van der Waals surface area contributed by atoms with Gasteiger partial charge < -0.3 is 10.4 Å². The number of hydrogen-bond donors (Lipinski definition) is 2. The summed E-state index contributed by atoms with van der Waals surface area (Å²) in [5, 5.41) is 11.8. The highest BCUT2D eigenvalue weighted by Crippen LogP contribution is 2.22. The molecule has 0 amide bonds. The molecule has 0 saturated heterocycles. The summed E-state index contributed by atoms with van der Waals surface area (Å²) in [7, 11) is -0.496. The first-order chi connectivity index (χ1) is 8.80. The molecule has 0 saturated carbocycles. The summed E-state index contributed by atoms with van der Waals surface area (Å²) in [5.74, 6) is -1.18. The predicted octanol–water partition coefficient (Wildman–Crippen LogP) is 0.987. The summed E-state index contributed by atoms with van der Waals surface area (Å²) in [5.41, 5.74) is -0.0805. The molecule has 2 N–H and O–H groups in total. The smallest absolute Gasteiger partial charge is 0.336 e. The topological polar surface area (TPSA) is 86.7 Å². The van der Waals surface area contributed by atoms with E-state index in [2.05, 4.69) is 21.2 Å². The number of aromatic carboxylic acids is 1. The van der Waals surface area contributed by atoms with Crippen molar-refractivity contribution in [3.8, 4) is 0 Å². The summed E-state index contributed by atoms with van der Waals surface area (Å²) in [6, 6.07) is 3.95. The maximum Gasteiger partial charge on any atom is 0.336 e. The van der Waals surface area contributed by atoms with Crippen LogP contribution < -0.4 is 5.32 Å². The van der Waals surface area contributed by atoms with E-state index in [1.54, 1.807) is 7.05 Å². The standard InChI is InChI=1S/C11H15BrN2O4S/c1-13-5-6-14(2)19(17,18)8-3-4-10(12)9(7-8)11(15)16/h3-4,7,13H,5-6H2,1-2H3,(H,15,16). The van der Waals surface area contributed by atoms with Crippen LogP contribution in [0.1, 0.15) is 10.4 Å². The van der Waals surface area contributed by atoms with Gasteiger partial charge in [0.05, 0.1) is 10.5 Å². The van der Waals surface area contributed by atoms with Crippen molar-refractivity contribution >= 4 is 31.9 Å². The fraction of sp³-hybridized carbons (Fsp3) is 0.364. The molecular weight excluding hydrogens is 336 g/mol. The summed E-state index contributed by atoms with van der Waals surface area (Å²) in [6.07, 6.45) is 0. The largest absolute Gasteiger partial charge is 0.478 e. The van der Waals surface area contributed by atoms with Gasteiger partial charge in [0.1, 0.15) is 0 Å². The zero-order chi connectivity index (χ0) is 14.6. The summed E-state index contributed by atoms with van der Waals surface area (Å²) in [6.45, 7) is 0.815. The van der Waals surface area contributed by atoms with Gasteiger partial charge in [-0.15, -0.1) is 0 Å². The Labute approximate surface area is 120 Å². The van der Waals surface area contributed by atoms with Gasteiger partial charge in [-0.3, -0.25) is 0 Å². The van der Waals surface area contributed by atoms with Crippen LogP contribution >= 0.6 is 15.9 Å². The maximum absolute atomic E-state index is 12.2. The molecule has 0 radical (unpaired) electrons. The minimum atomic E-state index is -3.67. The van der Waals surface area contributed by atoms with Crippen LogP contribution in [0.25, 0.3) is 0 Å². The molecule has 1 aromatic carbocycles. The lowest BCUT2D eigenvalue weighted by Gasteiger charge is -2.17. The van der Waals surface area contributed by atoms with E-state index in [-0.39, 0.29) is 10.5 Å². The Bertz CT molecular complexity index is 574. The maximum atomic E-state index is 12.2. The van der Waals surface area contributed by atoms with Crippen molar-refractivity contribution in [1.29, 1.82) is 0 Å². The van der Waals surface area contributed by atoms with Gasteiger partial charge in [-0.25, -0.2) is 13.2 Å². The molecule has 106 valence electrons. The highest BCUT2D eigenvalue weighted by Gasteiger charge is 2.22. The third-order valence-corrected chi connectivity index (χ3v) is 5.10. The molecule has 0 heterocycles. The molecule has 0 bridgehead atoms. The molecular formula is C11H15BrN2O4S. The first-order valence-corrected chi connectivity index (χ1v) is 7.67. The van der Waals surface area contributed by atoms with E-state index in [1.807, 2.05) is 0 Å². The molecule has 1 rings (SSSR count). The van der Waals surface area contributed by atoms with E-state index < -0.39 is 16.0 Å². The average molecular weight is 351 g/mol. The number of sulfonamides is 1. The second kappa shape index (κ2) is 6.47. The van der Waals surface area contributed by atoms with Crippen LogP contribution in [0.5, 0.6) is 0 Å². The third kappa shape index (κ3) is 3.75. The lowest BCUT2D eigenvalue weighted by molar-refractivity contribution is 0.0695. The minimum absolute atomic E-state index is 0.0355. The Kier molecular flexibility index (Phi) is 5.48. The van der Waals surface area contributed by atoms with Crippen LogP contribution in [0, 0.1) is 0 Å². The number of carbonyl (C=O) groups is 1. The van der Waals surface area contributed by atoms with Gasteiger partial charge in [-0.2, -0.15) is 4.31 Å². The molecule has 0 spiro atoms. The van der Waals surface area contributed by atoms with Gasteiger partial charge in [0.15, 0.2) is 0 Å². The van der Waals surface area contributed by atoms with Gasteiger partial charge >= 0.3 is 5.97 Å². The molecule has 1 aromatic rings. The number of hydrogen-bond acceptors (Lipinski definition) is 4. The van der Waals surface area contributed by atoms with Crippen molar-refractivity contribution in [1.82, 2.24) is 9.62 Å². The SMILES string of the molecule is CNCCN(C)S(=O)(=O)c1ccc(Br)c(C(=O)O)c1. The van der Waals surface area contributed by atoms with Crippen molar-refractivity contribution in [2.75, 3.05) is 27.2 Å². The monoisotopic (exact) mass is 350 g/mol. The Morgan fingerprint density at radius 2 is 2.11 bits per heavy atom. The summed E-state index contributed by atoms with van der Waals surface area (Å²) in [4.78, 5) is 11.0. The molecule has 0 aliphatic carbocycles. The fourth-order valence-corrected chi connectivity index (χ4v) is 3.01. The van der Waals surface area contributed by atoms with Crippen LogP contribution in [-0.4, -0.2) is 51.0 Å². The number of likely N-dealkylation sites (N-methyl/N-ethyl adjacent to an activating group) is 2. The van der Waals surface area contributed by atoms with Crippen LogP contribution in [0.4, 0.5) is 0 Å². The zero-order valence-corrected chi connectivity index (χ0v) is 13.0. The van der Waals surface area contributed by atoms with Crippen molar-refractivity contribution in [3.63, 3.8) is 0 Å².